The average Bonchev–Trinajstić information content (AvgIpc) is 3.00. The molecule has 1 N–H and O–H groups in total. The molecule has 0 radical (unpaired) electrons. The second kappa shape index (κ2) is 8.47. The van der Waals surface area contributed by atoms with Gasteiger partial charge in [-0.1, -0.05) is 36.7 Å². The van der Waals surface area contributed by atoms with Gasteiger partial charge >= 0.3 is 0 Å². The molecule has 0 atom stereocenters. The summed E-state index contributed by atoms with van der Waals surface area (Å²) in [4.78, 5) is 14.4. The van der Waals surface area contributed by atoms with Crippen molar-refractivity contribution >= 4 is 45.3 Å². The van der Waals surface area contributed by atoms with Crippen LogP contribution in [0.1, 0.15) is 34.1 Å². The van der Waals surface area contributed by atoms with Crippen molar-refractivity contribution in [3.8, 4) is 21.6 Å². The third-order valence-corrected chi connectivity index (χ3v) is 6.61. The Morgan fingerprint density at radius 3 is 2.29 bits per heavy atom. The highest BCUT2D eigenvalue weighted by Gasteiger charge is 2.22. The molecule has 4 nitrogen and oxygen atoms in total. The predicted octanol–water partition coefficient (Wildman–Crippen LogP) is 5.88. The molecule has 28 heavy (non-hydrogen) atoms. The maximum absolute atomic E-state index is 12.7. The minimum absolute atomic E-state index is 0.0887. The van der Waals surface area contributed by atoms with Gasteiger partial charge in [0, 0.05) is 21.9 Å². The van der Waals surface area contributed by atoms with Gasteiger partial charge in [-0.25, -0.2) is 8.42 Å². The number of benzene rings is 2. The molecular weight excluding hydrogens is 414 g/mol. The molecule has 1 heterocycles. The highest BCUT2D eigenvalue weighted by molar-refractivity contribution is 7.73. The maximum Gasteiger partial charge on any atom is 0.222 e. The summed E-state index contributed by atoms with van der Waals surface area (Å²) < 4.78 is 24.4. The van der Waals surface area contributed by atoms with Crippen LogP contribution >= 0.6 is 22.9 Å². The largest absolute Gasteiger partial charge is 0.293 e. The number of carbonyl (C=O) groups is 1. The topological polar surface area (TPSA) is 63.2 Å². The molecule has 3 rings (SSSR count). The number of ketones is 1. The van der Waals surface area contributed by atoms with Crippen LogP contribution in [0.4, 0.5) is 5.69 Å². The molecule has 0 saturated heterocycles. The lowest BCUT2D eigenvalue weighted by molar-refractivity contribution is 0.0992. The quantitative estimate of drug-likeness (QED) is 0.376. The fourth-order valence-corrected chi connectivity index (χ4v) is 5.06. The van der Waals surface area contributed by atoms with E-state index in [0.29, 0.717) is 17.1 Å². The van der Waals surface area contributed by atoms with Gasteiger partial charge in [0.15, 0.2) is 5.78 Å². The Bertz CT molecular complexity index is 1110. The first kappa shape index (κ1) is 20.6. The van der Waals surface area contributed by atoms with E-state index < -0.39 is 10.9 Å². The second-order valence-corrected chi connectivity index (χ2v) is 8.64. The van der Waals surface area contributed by atoms with Crippen molar-refractivity contribution in [1.82, 2.24) is 0 Å². The van der Waals surface area contributed by atoms with Gasteiger partial charge in [-0.3, -0.25) is 9.52 Å². The molecular formula is C21H20ClNO3S2. The first-order chi connectivity index (χ1) is 13.3. The molecule has 7 heteroatoms. The van der Waals surface area contributed by atoms with Crippen LogP contribution < -0.4 is 4.72 Å². The van der Waals surface area contributed by atoms with Gasteiger partial charge in [-0.05, 0) is 60.4 Å². The number of thiophene rings is 1. The van der Waals surface area contributed by atoms with Gasteiger partial charge in [0.25, 0.3) is 0 Å². The normalized spacial score (nSPS) is 11.0. The number of rotatable bonds is 6. The number of hydrogen-bond donors (Lipinski definition) is 2. The first-order valence-corrected chi connectivity index (χ1v) is 11.1. The summed E-state index contributed by atoms with van der Waals surface area (Å²) in [6.45, 7) is 5.71. The Hall–Kier alpha value is -2.15. The highest BCUT2D eigenvalue weighted by Crippen LogP contribution is 2.43. The Morgan fingerprint density at radius 2 is 1.71 bits per heavy atom. The smallest absolute Gasteiger partial charge is 0.222 e. The van der Waals surface area contributed by atoms with Gasteiger partial charge in [0.1, 0.15) is 0 Å². The lowest BCUT2D eigenvalue weighted by Crippen LogP contribution is -1.99. The van der Waals surface area contributed by atoms with E-state index in [9.17, 15) is 13.2 Å². The summed E-state index contributed by atoms with van der Waals surface area (Å²) in [6, 6.07) is 13.1. The van der Waals surface area contributed by atoms with Crippen LogP contribution in [0.3, 0.4) is 0 Å². The SMILES string of the molecule is CCC(=O)c1sc(-c2ccc(Cl)cc2)c(C)c1-c1ccc(N[SH](=O)=O)c(C)c1. The van der Waals surface area contributed by atoms with Crippen molar-refractivity contribution in [2.45, 2.75) is 27.2 Å². The van der Waals surface area contributed by atoms with E-state index >= 15 is 0 Å². The zero-order chi connectivity index (χ0) is 20.4. The molecule has 1 aromatic heterocycles. The fraction of sp³-hybridized carbons (Fsp3) is 0.190. The number of anilines is 1. The summed E-state index contributed by atoms with van der Waals surface area (Å²) in [5.41, 5.74) is 5.18. The molecule has 0 amide bonds. The van der Waals surface area contributed by atoms with Crippen LogP contribution in [0.5, 0.6) is 0 Å². The summed E-state index contributed by atoms with van der Waals surface area (Å²) in [5, 5.41) is 0.665. The van der Waals surface area contributed by atoms with Crippen molar-refractivity contribution < 1.29 is 13.2 Å². The van der Waals surface area contributed by atoms with Crippen LogP contribution in [0, 0.1) is 13.8 Å². The van der Waals surface area contributed by atoms with Crippen LogP contribution in [0.15, 0.2) is 42.5 Å². The number of Topliss-reactive ketones (excluding diaryl/α,β-unsaturated/α-hetero) is 1. The molecule has 0 aliphatic carbocycles. The van der Waals surface area contributed by atoms with Crippen LogP contribution in [-0.2, 0) is 10.9 Å². The molecule has 146 valence electrons. The monoisotopic (exact) mass is 433 g/mol. The molecule has 0 aliphatic rings. The van der Waals surface area contributed by atoms with E-state index in [0.717, 1.165) is 37.6 Å². The minimum Gasteiger partial charge on any atom is -0.293 e. The number of halogens is 1. The molecule has 0 saturated carbocycles. The third kappa shape index (κ3) is 4.14. The van der Waals surface area contributed by atoms with E-state index in [1.807, 2.05) is 57.2 Å². The summed E-state index contributed by atoms with van der Waals surface area (Å²) in [7, 11) is -2.72. The molecule has 0 unspecified atom stereocenters. The van der Waals surface area contributed by atoms with Crippen molar-refractivity contribution in [2.75, 3.05) is 4.72 Å². The summed E-state index contributed by atoms with van der Waals surface area (Å²) in [5.74, 6) is 0.0887. The molecule has 0 spiro atoms. The molecule has 3 aromatic rings. The van der Waals surface area contributed by atoms with Gasteiger partial charge in [0.2, 0.25) is 10.9 Å². The zero-order valence-electron chi connectivity index (χ0n) is 15.7. The average molecular weight is 434 g/mol. The lowest BCUT2D eigenvalue weighted by atomic mass is 9.96. The number of aryl methyl sites for hydroxylation is 1. The summed E-state index contributed by atoms with van der Waals surface area (Å²) >= 11 is 7.50. The third-order valence-electron chi connectivity index (χ3n) is 4.55. The number of hydrogen-bond acceptors (Lipinski definition) is 4. The lowest BCUT2D eigenvalue weighted by Gasteiger charge is -2.10. The molecule has 2 aromatic carbocycles. The van der Waals surface area contributed by atoms with E-state index in [1.165, 1.54) is 11.3 Å². The predicted molar refractivity (Wildman–Crippen MR) is 118 cm³/mol. The Labute approximate surface area is 175 Å². The Morgan fingerprint density at radius 1 is 1.07 bits per heavy atom. The standard InChI is InChI=1S/C21H20ClNO3S2/c1-4-18(24)21-19(15-7-10-17(12(2)11-15)23-28(25)26)13(3)20(27-21)14-5-8-16(22)9-6-14/h5-11,28H,4H2,1-3H3,(H,23,25,26). The van der Waals surface area contributed by atoms with Gasteiger partial charge < -0.3 is 0 Å². The molecule has 0 bridgehead atoms. The van der Waals surface area contributed by atoms with Crippen molar-refractivity contribution in [3.05, 3.63) is 63.5 Å². The van der Waals surface area contributed by atoms with Gasteiger partial charge in [-0.15, -0.1) is 11.3 Å². The maximum atomic E-state index is 12.7. The molecule has 0 aliphatic heterocycles. The second-order valence-electron chi connectivity index (χ2n) is 6.44. The van der Waals surface area contributed by atoms with E-state index in [4.69, 9.17) is 11.6 Å². The van der Waals surface area contributed by atoms with Gasteiger partial charge in [0.05, 0.1) is 10.6 Å². The number of thiol groups is 1. The number of carbonyl (C=O) groups excluding carboxylic acids is 1. The highest BCUT2D eigenvalue weighted by atomic mass is 35.5. The van der Waals surface area contributed by atoms with Crippen LogP contribution in [0.2, 0.25) is 5.02 Å². The Kier molecular flexibility index (Phi) is 6.23. The Balaban J connectivity index is 2.18. The van der Waals surface area contributed by atoms with Crippen molar-refractivity contribution in [2.24, 2.45) is 0 Å². The minimum atomic E-state index is -2.72. The van der Waals surface area contributed by atoms with Gasteiger partial charge in [-0.2, -0.15) is 0 Å². The fourth-order valence-electron chi connectivity index (χ4n) is 3.14. The van der Waals surface area contributed by atoms with E-state index in [1.54, 1.807) is 6.07 Å². The van der Waals surface area contributed by atoms with Crippen LogP contribution in [-0.4, -0.2) is 14.2 Å². The van der Waals surface area contributed by atoms with Crippen molar-refractivity contribution in [1.29, 1.82) is 0 Å². The van der Waals surface area contributed by atoms with E-state index in [2.05, 4.69) is 4.72 Å². The molecule has 0 fully saturated rings. The summed E-state index contributed by atoms with van der Waals surface area (Å²) in [6.07, 6.45) is 0.419. The van der Waals surface area contributed by atoms with E-state index in [-0.39, 0.29) is 5.78 Å². The first-order valence-electron chi connectivity index (χ1n) is 8.76. The van der Waals surface area contributed by atoms with Crippen molar-refractivity contribution in [3.63, 3.8) is 0 Å². The van der Waals surface area contributed by atoms with Crippen LogP contribution in [0.25, 0.3) is 21.6 Å². The number of nitrogens with one attached hydrogen (secondary N) is 1. The zero-order valence-corrected chi connectivity index (χ0v) is 18.2.